The first kappa shape index (κ1) is 28.7. The number of aromatic nitrogens is 2. The average molecular weight is 566 g/mol. The predicted molar refractivity (Wildman–Crippen MR) is 162 cm³/mol. The Morgan fingerprint density at radius 3 is 2.45 bits per heavy atom. The number of hydrogen-bond donors (Lipinski definition) is 3. The smallest absolute Gasteiger partial charge is 0.270 e. The molecule has 0 saturated carbocycles. The topological polar surface area (TPSA) is 124 Å². The van der Waals surface area contributed by atoms with Crippen LogP contribution in [0.2, 0.25) is 0 Å². The summed E-state index contributed by atoms with van der Waals surface area (Å²) in [5.74, 6) is -0.414. The van der Waals surface area contributed by atoms with Crippen molar-refractivity contribution in [2.75, 3.05) is 20.1 Å². The van der Waals surface area contributed by atoms with Crippen molar-refractivity contribution in [3.63, 3.8) is 0 Å². The number of pyridine rings is 2. The van der Waals surface area contributed by atoms with Crippen LogP contribution in [0.1, 0.15) is 40.9 Å². The number of amides is 3. The summed E-state index contributed by atoms with van der Waals surface area (Å²) < 4.78 is 0. The van der Waals surface area contributed by atoms with Gasteiger partial charge in [-0.15, -0.1) is 0 Å². The molecule has 0 spiro atoms. The van der Waals surface area contributed by atoms with Gasteiger partial charge < -0.3 is 20.5 Å². The van der Waals surface area contributed by atoms with E-state index in [1.807, 2.05) is 66.4 Å². The second-order valence-electron chi connectivity index (χ2n) is 10.9. The first-order valence-electron chi connectivity index (χ1n) is 14.2. The van der Waals surface area contributed by atoms with Crippen molar-refractivity contribution in [3.05, 3.63) is 100 Å². The number of hydrogen-bond acceptors (Lipinski definition) is 5. The Kier molecular flexibility index (Phi) is 8.76. The van der Waals surface area contributed by atoms with Crippen molar-refractivity contribution >= 4 is 28.6 Å². The van der Waals surface area contributed by atoms with Gasteiger partial charge in [0, 0.05) is 48.9 Å². The maximum absolute atomic E-state index is 13.1. The normalized spacial score (nSPS) is 14.4. The molecule has 1 atom stereocenters. The number of aryl methyl sites for hydroxylation is 1. The molecule has 42 heavy (non-hydrogen) atoms. The third kappa shape index (κ3) is 6.74. The molecule has 1 aliphatic heterocycles. The summed E-state index contributed by atoms with van der Waals surface area (Å²) in [6.07, 6.45) is 3.92. The van der Waals surface area contributed by atoms with Crippen LogP contribution in [0.15, 0.2) is 77.7 Å². The molecule has 216 valence electrons. The lowest BCUT2D eigenvalue weighted by molar-refractivity contribution is -0.132. The highest BCUT2D eigenvalue weighted by molar-refractivity contribution is 5.96. The van der Waals surface area contributed by atoms with Crippen LogP contribution in [0, 0.1) is 12.8 Å². The van der Waals surface area contributed by atoms with E-state index in [4.69, 9.17) is 0 Å². The van der Waals surface area contributed by atoms with Gasteiger partial charge >= 0.3 is 0 Å². The second-order valence-corrected chi connectivity index (χ2v) is 10.9. The van der Waals surface area contributed by atoms with Crippen molar-refractivity contribution in [2.24, 2.45) is 5.92 Å². The van der Waals surface area contributed by atoms with E-state index in [2.05, 4.69) is 20.6 Å². The lowest BCUT2D eigenvalue weighted by Gasteiger charge is -2.33. The number of benzene rings is 2. The molecular formula is C33H35N5O4. The maximum Gasteiger partial charge on any atom is 0.270 e. The van der Waals surface area contributed by atoms with Crippen LogP contribution in [0.25, 0.3) is 22.0 Å². The first-order valence-corrected chi connectivity index (χ1v) is 14.2. The largest absolute Gasteiger partial charge is 0.357 e. The van der Waals surface area contributed by atoms with Gasteiger partial charge in [0.15, 0.2) is 0 Å². The van der Waals surface area contributed by atoms with Gasteiger partial charge in [-0.25, -0.2) is 0 Å². The summed E-state index contributed by atoms with van der Waals surface area (Å²) in [6, 6.07) is 19.9. The molecule has 2 aromatic carbocycles. The highest BCUT2D eigenvalue weighted by atomic mass is 16.2. The molecule has 0 radical (unpaired) electrons. The SMILES string of the molecule is CNC(=O)[C@H](CC1CCN(C(=O)Cc2ccc3[nH]c(=O)cc(C)c3c2)CC1)NC(=O)c1ccc(-c2ccccc2)cn1. The van der Waals surface area contributed by atoms with E-state index in [0.717, 1.165) is 46.0 Å². The molecule has 9 nitrogen and oxygen atoms in total. The monoisotopic (exact) mass is 565 g/mol. The van der Waals surface area contributed by atoms with Crippen molar-refractivity contribution in [3.8, 4) is 11.1 Å². The number of aromatic amines is 1. The first-order chi connectivity index (χ1) is 20.3. The Hall–Kier alpha value is -4.79. The highest BCUT2D eigenvalue weighted by Gasteiger charge is 2.29. The van der Waals surface area contributed by atoms with Crippen molar-refractivity contribution in [2.45, 2.75) is 38.6 Å². The zero-order chi connectivity index (χ0) is 29.6. The van der Waals surface area contributed by atoms with Crippen LogP contribution >= 0.6 is 0 Å². The minimum absolute atomic E-state index is 0.0519. The van der Waals surface area contributed by atoms with Gasteiger partial charge in [-0.2, -0.15) is 0 Å². The number of fused-ring (bicyclic) bond motifs is 1. The van der Waals surface area contributed by atoms with E-state index in [0.29, 0.717) is 19.5 Å². The van der Waals surface area contributed by atoms with Gasteiger partial charge in [-0.05, 0) is 67.0 Å². The Balaban J connectivity index is 1.16. The fourth-order valence-corrected chi connectivity index (χ4v) is 5.59. The summed E-state index contributed by atoms with van der Waals surface area (Å²) in [5.41, 5.74) is 4.56. The fourth-order valence-electron chi connectivity index (χ4n) is 5.59. The summed E-state index contributed by atoms with van der Waals surface area (Å²) >= 11 is 0. The molecule has 5 rings (SSSR count). The molecule has 4 aromatic rings. The lowest BCUT2D eigenvalue weighted by atomic mass is 9.89. The third-order valence-corrected chi connectivity index (χ3v) is 7.98. The van der Waals surface area contributed by atoms with E-state index in [1.54, 1.807) is 25.4 Å². The second kappa shape index (κ2) is 12.8. The summed E-state index contributed by atoms with van der Waals surface area (Å²) in [6.45, 7) is 3.08. The Morgan fingerprint density at radius 1 is 1.00 bits per heavy atom. The van der Waals surface area contributed by atoms with Crippen LogP contribution in [0.5, 0.6) is 0 Å². The van der Waals surface area contributed by atoms with Gasteiger partial charge in [0.2, 0.25) is 17.4 Å². The number of nitrogens with zero attached hydrogens (tertiary/aromatic N) is 2. The molecule has 0 bridgehead atoms. The number of carbonyl (C=O) groups excluding carboxylic acids is 3. The molecule has 3 heterocycles. The minimum atomic E-state index is -0.697. The fraction of sp³-hybridized carbons (Fsp3) is 0.303. The Labute approximate surface area is 244 Å². The molecule has 2 aromatic heterocycles. The number of nitrogens with one attached hydrogen (secondary N) is 3. The van der Waals surface area contributed by atoms with Gasteiger partial charge in [0.05, 0.1) is 6.42 Å². The quantitative estimate of drug-likeness (QED) is 0.301. The number of rotatable bonds is 8. The van der Waals surface area contributed by atoms with Crippen LogP contribution in [-0.4, -0.2) is 58.8 Å². The summed E-state index contributed by atoms with van der Waals surface area (Å²) in [5, 5.41) is 6.46. The zero-order valence-electron chi connectivity index (χ0n) is 23.9. The van der Waals surface area contributed by atoms with Crippen molar-refractivity contribution in [1.82, 2.24) is 25.5 Å². The molecule has 1 saturated heterocycles. The molecular weight excluding hydrogens is 530 g/mol. The Morgan fingerprint density at radius 2 is 1.76 bits per heavy atom. The average Bonchev–Trinajstić information content (AvgIpc) is 3.01. The van der Waals surface area contributed by atoms with Gasteiger partial charge in [0.1, 0.15) is 11.7 Å². The van der Waals surface area contributed by atoms with E-state index >= 15 is 0 Å². The van der Waals surface area contributed by atoms with E-state index in [1.165, 1.54) is 0 Å². The number of H-pyrrole nitrogens is 1. The molecule has 3 N–H and O–H groups in total. The van der Waals surface area contributed by atoms with E-state index < -0.39 is 11.9 Å². The van der Waals surface area contributed by atoms with Gasteiger partial charge in [0.25, 0.3) is 5.91 Å². The highest BCUT2D eigenvalue weighted by Crippen LogP contribution is 2.24. The molecule has 0 aliphatic carbocycles. The number of likely N-dealkylation sites (N-methyl/N-ethyl adjacent to an activating group) is 1. The van der Waals surface area contributed by atoms with Crippen molar-refractivity contribution < 1.29 is 14.4 Å². The molecule has 1 aliphatic rings. The number of piperidine rings is 1. The van der Waals surface area contributed by atoms with E-state index in [-0.39, 0.29) is 35.4 Å². The van der Waals surface area contributed by atoms with Crippen LogP contribution in [0.3, 0.4) is 0 Å². The summed E-state index contributed by atoms with van der Waals surface area (Å²) in [7, 11) is 1.56. The van der Waals surface area contributed by atoms with Gasteiger partial charge in [-0.3, -0.25) is 24.2 Å². The molecule has 3 amide bonds. The van der Waals surface area contributed by atoms with Crippen LogP contribution in [-0.2, 0) is 16.0 Å². The van der Waals surface area contributed by atoms with Crippen LogP contribution < -0.4 is 16.2 Å². The number of carbonyl (C=O) groups is 3. The number of likely N-dealkylation sites (tertiary alicyclic amines) is 1. The Bertz CT molecular complexity index is 1640. The van der Waals surface area contributed by atoms with Crippen molar-refractivity contribution in [1.29, 1.82) is 0 Å². The third-order valence-electron chi connectivity index (χ3n) is 7.98. The molecule has 1 fully saturated rings. The standard InChI is InChI=1S/C33H35N5O4/c1-21-16-30(39)36-27-10-8-23(17-26(21)27)19-31(40)38-14-12-22(13-15-38)18-29(32(41)34-2)37-33(42)28-11-9-25(20-35-28)24-6-4-3-5-7-24/h3-11,16-17,20,22,29H,12-15,18-19H2,1-2H3,(H,34,41)(H,36,39)(H,37,42)/t29-/m0/s1. The van der Waals surface area contributed by atoms with Gasteiger partial charge in [-0.1, -0.05) is 42.5 Å². The maximum atomic E-state index is 13.1. The molecule has 0 unspecified atom stereocenters. The predicted octanol–water partition coefficient (Wildman–Crippen LogP) is 3.61. The van der Waals surface area contributed by atoms with Crippen LogP contribution in [0.4, 0.5) is 0 Å². The minimum Gasteiger partial charge on any atom is -0.357 e. The summed E-state index contributed by atoms with van der Waals surface area (Å²) in [4.78, 5) is 59.5. The molecule has 9 heteroatoms. The van der Waals surface area contributed by atoms with E-state index in [9.17, 15) is 19.2 Å². The lowest BCUT2D eigenvalue weighted by Crippen LogP contribution is -2.48. The zero-order valence-corrected chi connectivity index (χ0v) is 23.9.